The number of piperidine rings is 1. The van der Waals surface area contributed by atoms with E-state index in [0.29, 0.717) is 59.4 Å². The van der Waals surface area contributed by atoms with Crippen LogP contribution in [0.15, 0.2) is 40.9 Å². The largest absolute Gasteiger partial charge is 0.457 e. The summed E-state index contributed by atoms with van der Waals surface area (Å²) in [5.74, 6) is 0.161. The first kappa shape index (κ1) is 23.8. The van der Waals surface area contributed by atoms with Crippen molar-refractivity contribution in [2.24, 2.45) is 5.92 Å². The number of ketones is 1. The molecule has 1 aromatic carbocycles. The molecular formula is C25H26ClN3O5. The SMILES string of the molecule is Cc1cc(-n2c(C)cc(C(=O)COC(=O)C3CCN(C(=O)c4ccc(Cl)cc4)CC3)c2C)no1. The van der Waals surface area contributed by atoms with Crippen molar-refractivity contribution in [3.8, 4) is 5.82 Å². The van der Waals surface area contributed by atoms with Gasteiger partial charge in [-0.15, -0.1) is 0 Å². The van der Waals surface area contributed by atoms with E-state index in [9.17, 15) is 14.4 Å². The molecule has 2 aromatic heterocycles. The summed E-state index contributed by atoms with van der Waals surface area (Å²) in [5.41, 5.74) is 2.59. The molecular weight excluding hydrogens is 458 g/mol. The maximum atomic E-state index is 12.8. The van der Waals surface area contributed by atoms with Crippen LogP contribution in [0.5, 0.6) is 0 Å². The van der Waals surface area contributed by atoms with Gasteiger partial charge < -0.3 is 14.2 Å². The van der Waals surface area contributed by atoms with Crippen molar-refractivity contribution in [1.82, 2.24) is 14.6 Å². The van der Waals surface area contributed by atoms with E-state index in [-0.39, 0.29) is 24.2 Å². The molecule has 0 aliphatic carbocycles. The number of rotatable bonds is 6. The molecule has 3 aromatic rings. The maximum Gasteiger partial charge on any atom is 0.309 e. The normalized spacial score (nSPS) is 14.3. The minimum absolute atomic E-state index is 0.0867. The van der Waals surface area contributed by atoms with Gasteiger partial charge in [0.2, 0.25) is 5.78 Å². The second-order valence-electron chi connectivity index (χ2n) is 8.52. The molecule has 0 N–H and O–H groups in total. The van der Waals surface area contributed by atoms with Gasteiger partial charge in [0.05, 0.1) is 5.92 Å². The number of likely N-dealkylation sites (tertiary alicyclic amines) is 1. The summed E-state index contributed by atoms with van der Waals surface area (Å²) in [6.07, 6.45) is 0.985. The summed E-state index contributed by atoms with van der Waals surface area (Å²) in [6, 6.07) is 10.3. The van der Waals surface area contributed by atoms with Gasteiger partial charge in [-0.25, -0.2) is 0 Å². The van der Waals surface area contributed by atoms with Crippen LogP contribution in [0.2, 0.25) is 5.02 Å². The van der Waals surface area contributed by atoms with Crippen LogP contribution in [0, 0.1) is 26.7 Å². The predicted molar refractivity (Wildman–Crippen MR) is 125 cm³/mol. The van der Waals surface area contributed by atoms with Gasteiger partial charge >= 0.3 is 5.97 Å². The summed E-state index contributed by atoms with van der Waals surface area (Å²) in [7, 11) is 0. The Morgan fingerprint density at radius 3 is 2.38 bits per heavy atom. The van der Waals surface area contributed by atoms with E-state index in [1.165, 1.54) is 0 Å². The topological polar surface area (TPSA) is 94.6 Å². The minimum atomic E-state index is -0.409. The van der Waals surface area contributed by atoms with Gasteiger partial charge in [0.25, 0.3) is 5.91 Å². The average molecular weight is 484 g/mol. The molecule has 0 spiro atoms. The second kappa shape index (κ2) is 9.85. The lowest BCUT2D eigenvalue weighted by molar-refractivity contribution is -0.148. The number of Topliss-reactive ketones (excluding diaryl/α,β-unsaturated/α-hetero) is 1. The van der Waals surface area contributed by atoms with Gasteiger partial charge in [-0.05, 0) is 63.9 Å². The Bertz CT molecular complexity index is 1220. The first-order chi connectivity index (χ1) is 16.2. The molecule has 1 fully saturated rings. The predicted octanol–water partition coefficient (Wildman–Crippen LogP) is 4.32. The van der Waals surface area contributed by atoms with Crippen molar-refractivity contribution in [2.75, 3.05) is 19.7 Å². The Hall–Kier alpha value is -3.39. The van der Waals surface area contributed by atoms with Crippen molar-refractivity contribution < 1.29 is 23.6 Å². The van der Waals surface area contributed by atoms with E-state index in [4.69, 9.17) is 20.9 Å². The van der Waals surface area contributed by atoms with Crippen LogP contribution in [-0.2, 0) is 9.53 Å². The molecule has 0 radical (unpaired) electrons. The number of aromatic nitrogens is 2. The summed E-state index contributed by atoms with van der Waals surface area (Å²) < 4.78 is 12.3. The van der Waals surface area contributed by atoms with Crippen molar-refractivity contribution in [3.63, 3.8) is 0 Å². The molecule has 0 atom stereocenters. The molecule has 178 valence electrons. The number of hydrogen-bond donors (Lipinski definition) is 0. The minimum Gasteiger partial charge on any atom is -0.457 e. The molecule has 34 heavy (non-hydrogen) atoms. The van der Waals surface area contributed by atoms with Gasteiger partial charge in [-0.2, -0.15) is 0 Å². The highest BCUT2D eigenvalue weighted by Crippen LogP contribution is 2.23. The third kappa shape index (κ3) is 4.92. The van der Waals surface area contributed by atoms with E-state index in [2.05, 4.69) is 5.16 Å². The van der Waals surface area contributed by atoms with Crippen LogP contribution >= 0.6 is 11.6 Å². The second-order valence-corrected chi connectivity index (χ2v) is 8.96. The van der Waals surface area contributed by atoms with Crippen LogP contribution < -0.4 is 0 Å². The lowest BCUT2D eigenvalue weighted by Crippen LogP contribution is -2.40. The quantitative estimate of drug-likeness (QED) is 0.382. The summed E-state index contributed by atoms with van der Waals surface area (Å²) in [5, 5.41) is 4.59. The third-order valence-corrected chi connectivity index (χ3v) is 6.38. The number of ether oxygens (including phenoxy) is 1. The van der Waals surface area contributed by atoms with Crippen molar-refractivity contribution in [1.29, 1.82) is 0 Å². The van der Waals surface area contributed by atoms with E-state index in [1.54, 1.807) is 48.2 Å². The fourth-order valence-electron chi connectivity index (χ4n) is 4.28. The van der Waals surface area contributed by atoms with Gasteiger partial charge in [-0.1, -0.05) is 16.8 Å². The van der Waals surface area contributed by atoms with Crippen LogP contribution in [0.25, 0.3) is 5.82 Å². The maximum absolute atomic E-state index is 12.8. The Morgan fingerprint density at radius 1 is 1.09 bits per heavy atom. The zero-order valence-electron chi connectivity index (χ0n) is 19.3. The number of carbonyl (C=O) groups is 3. The van der Waals surface area contributed by atoms with Crippen LogP contribution in [0.3, 0.4) is 0 Å². The average Bonchev–Trinajstić information content (AvgIpc) is 3.38. The van der Waals surface area contributed by atoms with Crippen LogP contribution in [0.1, 0.15) is 50.7 Å². The number of amides is 1. The number of esters is 1. The molecule has 8 nitrogen and oxygen atoms in total. The van der Waals surface area contributed by atoms with E-state index < -0.39 is 5.97 Å². The summed E-state index contributed by atoms with van der Waals surface area (Å²) in [6.45, 7) is 6.07. The van der Waals surface area contributed by atoms with E-state index in [1.807, 2.05) is 18.4 Å². The smallest absolute Gasteiger partial charge is 0.309 e. The fraction of sp³-hybridized carbons (Fsp3) is 0.360. The van der Waals surface area contributed by atoms with Crippen LogP contribution in [-0.4, -0.2) is 52.0 Å². The monoisotopic (exact) mass is 483 g/mol. The summed E-state index contributed by atoms with van der Waals surface area (Å²) >= 11 is 5.89. The first-order valence-corrected chi connectivity index (χ1v) is 11.5. The van der Waals surface area contributed by atoms with Crippen LogP contribution in [0.4, 0.5) is 0 Å². The number of benzene rings is 1. The summed E-state index contributed by atoms with van der Waals surface area (Å²) in [4.78, 5) is 39.7. The molecule has 4 rings (SSSR count). The number of hydrogen-bond acceptors (Lipinski definition) is 6. The standard InChI is InChI=1S/C25H26ClN3O5/c1-15-12-21(17(3)29(15)23-13-16(2)34-27-23)22(30)14-33-25(32)19-8-10-28(11-9-19)24(31)18-4-6-20(26)7-5-18/h4-7,12-13,19H,8-11,14H2,1-3H3. The molecule has 0 bridgehead atoms. The molecule has 0 unspecified atom stereocenters. The molecule has 0 saturated carbocycles. The lowest BCUT2D eigenvalue weighted by atomic mass is 9.96. The third-order valence-electron chi connectivity index (χ3n) is 6.13. The Kier molecular flexibility index (Phi) is 6.88. The molecule has 1 aliphatic rings. The van der Waals surface area contributed by atoms with E-state index >= 15 is 0 Å². The highest BCUT2D eigenvalue weighted by molar-refractivity contribution is 6.30. The molecule has 1 saturated heterocycles. The Labute approximate surface area is 202 Å². The number of aryl methyl sites for hydroxylation is 2. The molecule has 1 aliphatic heterocycles. The zero-order chi connectivity index (χ0) is 24.4. The number of nitrogens with zero attached hydrogens (tertiary/aromatic N) is 3. The number of halogens is 1. The molecule has 9 heteroatoms. The molecule has 1 amide bonds. The van der Waals surface area contributed by atoms with Gasteiger partial charge in [0.15, 0.2) is 12.4 Å². The Balaban J connectivity index is 1.31. The molecule has 3 heterocycles. The Morgan fingerprint density at radius 2 is 1.76 bits per heavy atom. The highest BCUT2D eigenvalue weighted by Gasteiger charge is 2.29. The van der Waals surface area contributed by atoms with E-state index in [0.717, 1.165) is 5.69 Å². The zero-order valence-corrected chi connectivity index (χ0v) is 20.1. The van der Waals surface area contributed by atoms with Crippen molar-refractivity contribution >= 4 is 29.3 Å². The van der Waals surface area contributed by atoms with Gasteiger partial charge in [-0.3, -0.25) is 19.0 Å². The van der Waals surface area contributed by atoms with Gasteiger partial charge in [0, 0.05) is 46.7 Å². The van der Waals surface area contributed by atoms with Gasteiger partial charge in [0.1, 0.15) is 5.76 Å². The highest BCUT2D eigenvalue weighted by atomic mass is 35.5. The number of carbonyl (C=O) groups excluding carboxylic acids is 3. The lowest BCUT2D eigenvalue weighted by Gasteiger charge is -2.31. The first-order valence-electron chi connectivity index (χ1n) is 11.1. The van der Waals surface area contributed by atoms with Crippen molar-refractivity contribution in [2.45, 2.75) is 33.6 Å². The van der Waals surface area contributed by atoms with Crippen molar-refractivity contribution in [3.05, 3.63) is 69.7 Å². The fourth-order valence-corrected chi connectivity index (χ4v) is 4.41.